The van der Waals surface area contributed by atoms with Crippen LogP contribution in [0.4, 0.5) is 0 Å². The molecule has 0 aromatic carbocycles. The van der Waals surface area contributed by atoms with E-state index in [0.29, 0.717) is 0 Å². The number of nitrogens with one attached hydrogen (secondary N) is 1. The van der Waals surface area contributed by atoms with E-state index in [0.717, 1.165) is 18.8 Å². The first-order chi connectivity index (χ1) is 7.27. The van der Waals surface area contributed by atoms with Gasteiger partial charge >= 0.3 is 0 Å². The summed E-state index contributed by atoms with van der Waals surface area (Å²) >= 11 is 0. The van der Waals surface area contributed by atoms with Crippen LogP contribution >= 0.6 is 0 Å². The summed E-state index contributed by atoms with van der Waals surface area (Å²) in [6, 6.07) is 0. The Kier molecular flexibility index (Phi) is 5.44. The monoisotopic (exact) mass is 209 g/mol. The van der Waals surface area contributed by atoms with E-state index < -0.39 is 0 Å². The summed E-state index contributed by atoms with van der Waals surface area (Å²) in [5.74, 6) is 1.09. The van der Waals surface area contributed by atoms with Crippen molar-refractivity contribution in [2.75, 3.05) is 7.05 Å². The molecule has 15 heavy (non-hydrogen) atoms. The molecule has 1 amide bonds. The van der Waals surface area contributed by atoms with Crippen LogP contribution in [0.25, 0.3) is 0 Å². The van der Waals surface area contributed by atoms with E-state index in [2.05, 4.69) is 11.9 Å². The SMILES string of the molecule is C=CC[C@@H](CC1CCCCC1)C(=O)NC. The summed E-state index contributed by atoms with van der Waals surface area (Å²) in [5, 5.41) is 2.75. The van der Waals surface area contributed by atoms with Crippen molar-refractivity contribution >= 4 is 5.91 Å². The number of allylic oxidation sites excluding steroid dienone is 1. The van der Waals surface area contributed by atoms with Crippen LogP contribution < -0.4 is 5.32 Å². The van der Waals surface area contributed by atoms with Gasteiger partial charge in [-0.05, 0) is 18.8 Å². The number of hydrogen-bond acceptors (Lipinski definition) is 1. The van der Waals surface area contributed by atoms with Gasteiger partial charge in [-0.2, -0.15) is 0 Å². The van der Waals surface area contributed by atoms with Crippen molar-refractivity contribution in [3.8, 4) is 0 Å². The molecule has 1 atom stereocenters. The molecule has 2 nitrogen and oxygen atoms in total. The molecule has 0 saturated heterocycles. The Hall–Kier alpha value is -0.790. The Bertz CT molecular complexity index is 207. The first-order valence-corrected chi connectivity index (χ1v) is 6.10. The quantitative estimate of drug-likeness (QED) is 0.693. The summed E-state index contributed by atoms with van der Waals surface area (Å²) < 4.78 is 0. The van der Waals surface area contributed by atoms with Crippen LogP contribution in [0.2, 0.25) is 0 Å². The van der Waals surface area contributed by atoms with E-state index in [1.54, 1.807) is 7.05 Å². The van der Waals surface area contributed by atoms with Gasteiger partial charge in [-0.15, -0.1) is 6.58 Å². The highest BCUT2D eigenvalue weighted by atomic mass is 16.1. The van der Waals surface area contributed by atoms with E-state index >= 15 is 0 Å². The van der Waals surface area contributed by atoms with Crippen LogP contribution in [-0.2, 0) is 4.79 Å². The summed E-state index contributed by atoms with van der Waals surface area (Å²) in [6.45, 7) is 3.73. The molecule has 1 fully saturated rings. The maximum Gasteiger partial charge on any atom is 0.223 e. The minimum absolute atomic E-state index is 0.149. The first-order valence-electron chi connectivity index (χ1n) is 6.10. The number of carbonyl (C=O) groups is 1. The second-order valence-corrected chi connectivity index (χ2v) is 4.58. The zero-order valence-electron chi connectivity index (χ0n) is 9.80. The van der Waals surface area contributed by atoms with Gasteiger partial charge in [0.1, 0.15) is 0 Å². The molecule has 0 aromatic rings. The van der Waals surface area contributed by atoms with Gasteiger partial charge in [0.25, 0.3) is 0 Å². The van der Waals surface area contributed by atoms with Crippen molar-refractivity contribution in [1.82, 2.24) is 5.32 Å². The summed E-state index contributed by atoms with van der Waals surface area (Å²) in [6.07, 6.45) is 10.4. The zero-order chi connectivity index (χ0) is 11.1. The van der Waals surface area contributed by atoms with Gasteiger partial charge in [0.2, 0.25) is 5.91 Å². The number of amides is 1. The lowest BCUT2D eigenvalue weighted by molar-refractivity contribution is -0.125. The van der Waals surface area contributed by atoms with Crippen LogP contribution in [0.15, 0.2) is 12.7 Å². The number of rotatable bonds is 5. The van der Waals surface area contributed by atoms with Crippen molar-refractivity contribution in [2.45, 2.75) is 44.9 Å². The lowest BCUT2D eigenvalue weighted by atomic mass is 9.81. The van der Waals surface area contributed by atoms with E-state index in [-0.39, 0.29) is 11.8 Å². The van der Waals surface area contributed by atoms with E-state index in [1.807, 2.05) is 6.08 Å². The maximum atomic E-state index is 11.6. The second kappa shape index (κ2) is 6.65. The van der Waals surface area contributed by atoms with Gasteiger partial charge in [-0.1, -0.05) is 38.2 Å². The highest BCUT2D eigenvalue weighted by molar-refractivity contribution is 5.78. The van der Waals surface area contributed by atoms with E-state index in [9.17, 15) is 4.79 Å². The minimum atomic E-state index is 0.149. The maximum absolute atomic E-state index is 11.6. The molecule has 1 rings (SSSR count). The molecule has 0 aliphatic heterocycles. The molecule has 1 aliphatic carbocycles. The Labute approximate surface area is 93.1 Å². The molecule has 1 N–H and O–H groups in total. The number of hydrogen-bond donors (Lipinski definition) is 1. The normalized spacial score (nSPS) is 19.5. The first kappa shape index (κ1) is 12.3. The van der Waals surface area contributed by atoms with Gasteiger partial charge in [-0.25, -0.2) is 0 Å². The molecule has 0 unspecified atom stereocenters. The molecule has 0 aromatic heterocycles. The molecule has 1 aliphatic rings. The molecule has 86 valence electrons. The Morgan fingerprint density at radius 2 is 2.13 bits per heavy atom. The summed E-state index contributed by atoms with van der Waals surface area (Å²) in [7, 11) is 1.72. The van der Waals surface area contributed by atoms with Crippen LogP contribution in [-0.4, -0.2) is 13.0 Å². The average Bonchev–Trinajstić information content (AvgIpc) is 2.29. The zero-order valence-corrected chi connectivity index (χ0v) is 9.80. The third-order valence-electron chi connectivity index (χ3n) is 3.41. The molecular formula is C13H23NO. The van der Waals surface area contributed by atoms with Gasteiger partial charge in [0, 0.05) is 13.0 Å². The molecule has 0 bridgehead atoms. The summed E-state index contributed by atoms with van der Waals surface area (Å²) in [5.41, 5.74) is 0. The van der Waals surface area contributed by atoms with Gasteiger partial charge in [-0.3, -0.25) is 4.79 Å². The highest BCUT2D eigenvalue weighted by Gasteiger charge is 2.22. The molecule has 0 radical (unpaired) electrons. The molecular weight excluding hydrogens is 186 g/mol. The third-order valence-corrected chi connectivity index (χ3v) is 3.41. The Morgan fingerprint density at radius 1 is 1.47 bits per heavy atom. The van der Waals surface area contributed by atoms with Crippen molar-refractivity contribution in [3.05, 3.63) is 12.7 Å². The minimum Gasteiger partial charge on any atom is -0.359 e. The van der Waals surface area contributed by atoms with Gasteiger partial charge in [0.15, 0.2) is 0 Å². The molecule has 0 spiro atoms. The predicted molar refractivity (Wildman–Crippen MR) is 63.6 cm³/mol. The number of carbonyl (C=O) groups excluding carboxylic acids is 1. The topological polar surface area (TPSA) is 29.1 Å². The van der Waals surface area contributed by atoms with Crippen molar-refractivity contribution < 1.29 is 4.79 Å². The van der Waals surface area contributed by atoms with Crippen LogP contribution in [0, 0.1) is 11.8 Å². The Balaban J connectivity index is 2.41. The highest BCUT2D eigenvalue weighted by Crippen LogP contribution is 2.30. The van der Waals surface area contributed by atoms with Crippen LogP contribution in [0.5, 0.6) is 0 Å². The standard InChI is InChI=1S/C13H23NO/c1-3-7-12(13(15)14-2)10-11-8-5-4-6-9-11/h3,11-12H,1,4-10H2,2H3,(H,14,15)/t12-/m0/s1. The molecule has 2 heteroatoms. The lowest BCUT2D eigenvalue weighted by Gasteiger charge is -2.25. The van der Waals surface area contributed by atoms with E-state index in [4.69, 9.17) is 0 Å². The van der Waals surface area contributed by atoms with Crippen molar-refractivity contribution in [3.63, 3.8) is 0 Å². The van der Waals surface area contributed by atoms with Crippen molar-refractivity contribution in [2.24, 2.45) is 11.8 Å². The smallest absolute Gasteiger partial charge is 0.223 e. The largest absolute Gasteiger partial charge is 0.359 e. The van der Waals surface area contributed by atoms with Gasteiger partial charge < -0.3 is 5.32 Å². The third kappa shape index (κ3) is 4.06. The predicted octanol–water partition coefficient (Wildman–Crippen LogP) is 2.90. The molecule has 0 heterocycles. The fraction of sp³-hybridized carbons (Fsp3) is 0.769. The average molecular weight is 209 g/mol. The summed E-state index contributed by atoms with van der Waals surface area (Å²) in [4.78, 5) is 11.6. The fourth-order valence-electron chi connectivity index (χ4n) is 2.54. The van der Waals surface area contributed by atoms with Crippen LogP contribution in [0.3, 0.4) is 0 Å². The van der Waals surface area contributed by atoms with E-state index in [1.165, 1.54) is 32.1 Å². The molecule has 1 saturated carbocycles. The second-order valence-electron chi connectivity index (χ2n) is 4.58. The fourth-order valence-corrected chi connectivity index (χ4v) is 2.54. The van der Waals surface area contributed by atoms with Crippen molar-refractivity contribution in [1.29, 1.82) is 0 Å². The van der Waals surface area contributed by atoms with Crippen LogP contribution in [0.1, 0.15) is 44.9 Å². The Morgan fingerprint density at radius 3 is 2.67 bits per heavy atom. The lowest BCUT2D eigenvalue weighted by Crippen LogP contribution is -2.29. The van der Waals surface area contributed by atoms with Gasteiger partial charge in [0.05, 0.1) is 0 Å².